The summed E-state index contributed by atoms with van der Waals surface area (Å²) in [5.74, 6) is 1.27. The van der Waals surface area contributed by atoms with Crippen molar-refractivity contribution in [2.75, 3.05) is 12.4 Å². The number of aryl methyl sites for hydroxylation is 2. The van der Waals surface area contributed by atoms with Gasteiger partial charge in [0.15, 0.2) is 11.3 Å². The van der Waals surface area contributed by atoms with Crippen LogP contribution in [0.5, 0.6) is 0 Å². The van der Waals surface area contributed by atoms with Crippen molar-refractivity contribution in [2.45, 2.75) is 13.3 Å². The van der Waals surface area contributed by atoms with Gasteiger partial charge in [-0.1, -0.05) is 19.1 Å². The normalized spacial score (nSPS) is 11.4. The Morgan fingerprint density at radius 1 is 1.22 bits per heavy atom. The first-order valence-corrected chi connectivity index (χ1v) is 7.60. The summed E-state index contributed by atoms with van der Waals surface area (Å²) in [5, 5.41) is 3.07. The fraction of sp³-hybridized carbons (Fsp3) is 0.235. The average Bonchev–Trinajstić information content (AvgIpc) is 3.17. The molecule has 0 saturated heterocycles. The van der Waals surface area contributed by atoms with Crippen LogP contribution in [0.2, 0.25) is 0 Å². The van der Waals surface area contributed by atoms with E-state index in [1.54, 1.807) is 6.33 Å². The molecule has 23 heavy (non-hydrogen) atoms. The van der Waals surface area contributed by atoms with E-state index in [2.05, 4.69) is 39.3 Å². The average molecular weight is 307 g/mol. The maximum atomic E-state index is 5.93. The first-order valence-electron chi connectivity index (χ1n) is 7.60. The molecule has 0 bridgehead atoms. The minimum absolute atomic E-state index is 0.516. The van der Waals surface area contributed by atoms with Crippen molar-refractivity contribution in [3.8, 4) is 11.5 Å². The van der Waals surface area contributed by atoms with E-state index in [1.165, 1.54) is 5.56 Å². The molecule has 0 aliphatic heterocycles. The highest BCUT2D eigenvalue weighted by Gasteiger charge is 2.18. The Balaban J connectivity index is 2.00. The largest absolute Gasteiger partial charge is 0.418 e. The molecule has 0 amide bonds. The molecule has 1 N–H and O–H groups in total. The molecule has 0 radical (unpaired) electrons. The number of anilines is 1. The van der Waals surface area contributed by atoms with E-state index in [0.717, 1.165) is 28.5 Å². The third kappa shape index (κ3) is 2.06. The van der Waals surface area contributed by atoms with Gasteiger partial charge in [-0.2, -0.15) is 4.98 Å². The number of fused-ring (bicyclic) bond motifs is 3. The lowest BCUT2D eigenvalue weighted by Gasteiger charge is -2.00. The molecule has 1 aromatic carbocycles. The molecule has 0 atom stereocenters. The lowest BCUT2D eigenvalue weighted by Crippen LogP contribution is -1.95. The minimum atomic E-state index is 0.516. The number of hydrogen-bond donors (Lipinski definition) is 1. The summed E-state index contributed by atoms with van der Waals surface area (Å²) < 4.78 is 7.86. The molecule has 6 heteroatoms. The van der Waals surface area contributed by atoms with Crippen LogP contribution in [0.25, 0.3) is 33.7 Å². The highest BCUT2D eigenvalue weighted by atomic mass is 16.4. The van der Waals surface area contributed by atoms with Gasteiger partial charge in [-0.25, -0.2) is 9.97 Å². The van der Waals surface area contributed by atoms with Crippen molar-refractivity contribution in [1.29, 1.82) is 0 Å². The number of oxazole rings is 1. The number of benzene rings is 1. The summed E-state index contributed by atoms with van der Waals surface area (Å²) in [6, 6.07) is 8.23. The number of pyridine rings is 1. The Morgan fingerprint density at radius 3 is 2.87 bits per heavy atom. The quantitative estimate of drug-likeness (QED) is 0.628. The van der Waals surface area contributed by atoms with Crippen molar-refractivity contribution in [1.82, 2.24) is 19.5 Å². The zero-order valence-corrected chi connectivity index (χ0v) is 13.3. The van der Waals surface area contributed by atoms with Crippen molar-refractivity contribution < 1.29 is 4.42 Å². The SMILES string of the molecule is CCc1cccc(-c2nc3c(nc(NC)c4ncn(C)c43)o2)c1. The summed E-state index contributed by atoms with van der Waals surface area (Å²) in [5.41, 5.74) is 5.17. The zero-order valence-electron chi connectivity index (χ0n) is 13.3. The van der Waals surface area contributed by atoms with Crippen LogP contribution in [0.3, 0.4) is 0 Å². The standard InChI is InChI=1S/C17H17N5O/c1-4-10-6-5-7-11(8-10)16-20-13-14-12(19-9-22(14)3)15(18-2)21-17(13)23-16/h5-9H,4H2,1-3H3,(H,18,21). The van der Waals surface area contributed by atoms with Gasteiger partial charge in [0, 0.05) is 19.7 Å². The Labute approximate surface area is 133 Å². The molecular weight excluding hydrogens is 290 g/mol. The van der Waals surface area contributed by atoms with Crippen LogP contribution in [-0.4, -0.2) is 26.6 Å². The number of aromatic nitrogens is 4. The van der Waals surface area contributed by atoms with E-state index in [9.17, 15) is 0 Å². The molecular formula is C17H17N5O. The molecule has 3 heterocycles. The van der Waals surface area contributed by atoms with Crippen molar-refractivity contribution in [3.05, 3.63) is 36.2 Å². The van der Waals surface area contributed by atoms with Crippen LogP contribution < -0.4 is 5.32 Å². The van der Waals surface area contributed by atoms with E-state index >= 15 is 0 Å². The Morgan fingerprint density at radius 2 is 2.09 bits per heavy atom. The molecule has 4 rings (SSSR count). The van der Waals surface area contributed by atoms with Crippen molar-refractivity contribution in [2.24, 2.45) is 7.05 Å². The van der Waals surface area contributed by atoms with E-state index in [0.29, 0.717) is 17.4 Å². The van der Waals surface area contributed by atoms with Gasteiger partial charge in [-0.3, -0.25) is 0 Å². The van der Waals surface area contributed by atoms with Crippen LogP contribution in [-0.2, 0) is 13.5 Å². The fourth-order valence-electron chi connectivity index (χ4n) is 2.80. The zero-order chi connectivity index (χ0) is 16.0. The van der Waals surface area contributed by atoms with E-state index < -0.39 is 0 Å². The fourth-order valence-corrected chi connectivity index (χ4v) is 2.80. The highest BCUT2D eigenvalue weighted by molar-refractivity contribution is 6.03. The van der Waals surface area contributed by atoms with Crippen molar-refractivity contribution >= 4 is 28.1 Å². The maximum Gasteiger partial charge on any atom is 0.251 e. The van der Waals surface area contributed by atoms with Crippen LogP contribution in [0.15, 0.2) is 35.0 Å². The molecule has 0 saturated carbocycles. The van der Waals surface area contributed by atoms with Gasteiger partial charge >= 0.3 is 0 Å². The van der Waals surface area contributed by atoms with Gasteiger partial charge in [0.1, 0.15) is 11.0 Å². The molecule has 6 nitrogen and oxygen atoms in total. The first-order chi connectivity index (χ1) is 11.2. The lowest BCUT2D eigenvalue weighted by atomic mass is 10.1. The molecule has 0 spiro atoms. The van der Waals surface area contributed by atoms with E-state index in [1.807, 2.05) is 30.8 Å². The van der Waals surface area contributed by atoms with Gasteiger partial charge in [0.25, 0.3) is 5.71 Å². The van der Waals surface area contributed by atoms with Gasteiger partial charge in [-0.05, 0) is 24.1 Å². The van der Waals surface area contributed by atoms with Crippen LogP contribution in [0.4, 0.5) is 5.82 Å². The van der Waals surface area contributed by atoms with Gasteiger partial charge < -0.3 is 14.3 Å². The summed E-state index contributed by atoms with van der Waals surface area (Å²) >= 11 is 0. The minimum Gasteiger partial charge on any atom is -0.418 e. The monoisotopic (exact) mass is 307 g/mol. The smallest absolute Gasteiger partial charge is 0.251 e. The lowest BCUT2D eigenvalue weighted by molar-refractivity contribution is 0.608. The van der Waals surface area contributed by atoms with Crippen LogP contribution in [0, 0.1) is 0 Å². The highest BCUT2D eigenvalue weighted by Crippen LogP contribution is 2.31. The van der Waals surface area contributed by atoms with Crippen LogP contribution in [0.1, 0.15) is 12.5 Å². The Bertz CT molecular complexity index is 1010. The third-order valence-corrected chi connectivity index (χ3v) is 4.03. The second kappa shape index (κ2) is 5.08. The number of rotatable bonds is 3. The van der Waals surface area contributed by atoms with Gasteiger partial charge in [0.2, 0.25) is 5.89 Å². The number of hydrogen-bond acceptors (Lipinski definition) is 5. The van der Waals surface area contributed by atoms with E-state index in [4.69, 9.17) is 4.42 Å². The predicted molar refractivity (Wildman–Crippen MR) is 90.4 cm³/mol. The molecule has 0 aliphatic carbocycles. The number of nitrogens with one attached hydrogen (secondary N) is 1. The van der Waals surface area contributed by atoms with Crippen LogP contribution >= 0.6 is 0 Å². The van der Waals surface area contributed by atoms with E-state index in [-0.39, 0.29) is 0 Å². The topological polar surface area (TPSA) is 68.8 Å². The molecule has 0 aliphatic rings. The van der Waals surface area contributed by atoms with Crippen molar-refractivity contribution in [3.63, 3.8) is 0 Å². The van der Waals surface area contributed by atoms with Gasteiger partial charge in [-0.15, -0.1) is 0 Å². The maximum absolute atomic E-state index is 5.93. The summed E-state index contributed by atoms with van der Waals surface area (Å²) in [7, 11) is 3.77. The predicted octanol–water partition coefficient (Wildman–Crippen LogP) is 3.38. The molecule has 3 aromatic heterocycles. The summed E-state index contributed by atoms with van der Waals surface area (Å²) in [6.07, 6.45) is 2.74. The number of nitrogens with zero attached hydrogens (tertiary/aromatic N) is 4. The summed E-state index contributed by atoms with van der Waals surface area (Å²) in [4.78, 5) is 13.6. The molecule has 4 aromatic rings. The number of imidazole rings is 1. The second-order valence-corrected chi connectivity index (χ2v) is 5.49. The summed E-state index contributed by atoms with van der Waals surface area (Å²) in [6.45, 7) is 2.13. The third-order valence-electron chi connectivity index (χ3n) is 4.03. The van der Waals surface area contributed by atoms with Gasteiger partial charge in [0.05, 0.1) is 6.33 Å². The molecule has 116 valence electrons. The Kier molecular flexibility index (Phi) is 3.04. The Hall–Kier alpha value is -2.89. The second-order valence-electron chi connectivity index (χ2n) is 5.49. The first kappa shape index (κ1) is 13.8. The molecule has 0 unspecified atom stereocenters. The molecule has 0 fully saturated rings.